The van der Waals surface area contributed by atoms with E-state index in [4.69, 9.17) is 0 Å². The molecule has 0 fully saturated rings. The zero-order valence-electron chi connectivity index (χ0n) is 11.1. The molecule has 3 aromatic rings. The minimum Gasteiger partial charge on any atom is -0.267 e. The SMILES string of the molecule is O=C1C=c2cc(-c3ccc(-c4ccccc4)s3)ccc2=N1. The van der Waals surface area contributed by atoms with Gasteiger partial charge in [0.2, 0.25) is 0 Å². The third-order valence-electron chi connectivity index (χ3n) is 3.49. The van der Waals surface area contributed by atoms with Crippen molar-refractivity contribution in [2.45, 2.75) is 0 Å². The first-order valence-corrected chi connectivity index (χ1v) is 7.51. The Morgan fingerprint density at radius 2 is 1.57 bits per heavy atom. The van der Waals surface area contributed by atoms with Crippen molar-refractivity contribution in [2.75, 3.05) is 0 Å². The van der Waals surface area contributed by atoms with Gasteiger partial charge in [-0.25, -0.2) is 4.99 Å². The lowest BCUT2D eigenvalue weighted by molar-refractivity contribution is -0.112. The number of thiophene rings is 1. The lowest BCUT2D eigenvalue weighted by Crippen LogP contribution is -2.20. The van der Waals surface area contributed by atoms with Crippen LogP contribution in [0.15, 0.2) is 65.7 Å². The van der Waals surface area contributed by atoms with Crippen LogP contribution in [0.25, 0.3) is 27.0 Å². The Balaban J connectivity index is 1.78. The third-order valence-corrected chi connectivity index (χ3v) is 4.67. The van der Waals surface area contributed by atoms with E-state index in [1.165, 1.54) is 15.3 Å². The number of amides is 1. The number of hydrogen-bond acceptors (Lipinski definition) is 2. The van der Waals surface area contributed by atoms with Crippen molar-refractivity contribution in [2.24, 2.45) is 4.99 Å². The topological polar surface area (TPSA) is 29.4 Å². The molecule has 0 atom stereocenters. The van der Waals surface area contributed by atoms with Crippen molar-refractivity contribution in [3.8, 4) is 20.9 Å². The van der Waals surface area contributed by atoms with Crippen molar-refractivity contribution in [1.29, 1.82) is 0 Å². The zero-order valence-corrected chi connectivity index (χ0v) is 11.9. The summed E-state index contributed by atoms with van der Waals surface area (Å²) in [5.74, 6) is -0.168. The van der Waals surface area contributed by atoms with Gasteiger partial charge in [0.05, 0.1) is 5.36 Å². The van der Waals surface area contributed by atoms with Crippen LogP contribution < -0.4 is 10.6 Å². The lowest BCUT2D eigenvalue weighted by atomic mass is 10.1. The van der Waals surface area contributed by atoms with Crippen molar-refractivity contribution in [3.63, 3.8) is 0 Å². The van der Waals surface area contributed by atoms with Gasteiger partial charge in [-0.15, -0.1) is 11.3 Å². The zero-order chi connectivity index (χ0) is 14.2. The monoisotopic (exact) mass is 289 g/mol. The molecule has 21 heavy (non-hydrogen) atoms. The maximum absolute atomic E-state index is 11.3. The number of nitrogens with zero attached hydrogens (tertiary/aromatic N) is 1. The van der Waals surface area contributed by atoms with Crippen molar-refractivity contribution in [3.05, 3.63) is 71.2 Å². The first-order valence-electron chi connectivity index (χ1n) is 6.70. The van der Waals surface area contributed by atoms with Crippen molar-refractivity contribution >= 4 is 23.3 Å². The Bertz CT molecular complexity index is 954. The molecule has 0 aliphatic carbocycles. The average molecular weight is 289 g/mol. The third kappa shape index (κ3) is 2.22. The van der Waals surface area contributed by atoms with Crippen LogP contribution >= 0.6 is 11.3 Å². The van der Waals surface area contributed by atoms with Crippen LogP contribution in [0.2, 0.25) is 0 Å². The second-order valence-corrected chi connectivity index (χ2v) is 5.98. The summed E-state index contributed by atoms with van der Waals surface area (Å²) in [7, 11) is 0. The quantitative estimate of drug-likeness (QED) is 0.713. The molecular weight excluding hydrogens is 278 g/mol. The minimum absolute atomic E-state index is 0.168. The second kappa shape index (κ2) is 4.79. The fourth-order valence-corrected chi connectivity index (χ4v) is 3.47. The van der Waals surface area contributed by atoms with E-state index in [9.17, 15) is 4.79 Å². The van der Waals surface area contributed by atoms with Gasteiger partial charge in [-0.3, -0.25) is 4.79 Å². The molecular formula is C18H11NOS. The predicted octanol–water partition coefficient (Wildman–Crippen LogP) is 3.02. The molecule has 0 N–H and O–H groups in total. The van der Waals surface area contributed by atoms with Gasteiger partial charge in [0.25, 0.3) is 5.91 Å². The Kier molecular flexibility index (Phi) is 2.79. The van der Waals surface area contributed by atoms with Gasteiger partial charge in [0.15, 0.2) is 0 Å². The smallest absolute Gasteiger partial charge is 0.267 e. The van der Waals surface area contributed by atoms with Crippen molar-refractivity contribution < 1.29 is 4.79 Å². The van der Waals surface area contributed by atoms with Crippen LogP contribution in [-0.4, -0.2) is 5.91 Å². The fraction of sp³-hybridized carbons (Fsp3) is 0. The van der Waals surface area contributed by atoms with Crippen LogP contribution in [0, 0.1) is 0 Å². The first kappa shape index (κ1) is 12.2. The van der Waals surface area contributed by atoms with Gasteiger partial charge >= 0.3 is 0 Å². The van der Waals surface area contributed by atoms with E-state index in [-0.39, 0.29) is 5.91 Å². The van der Waals surface area contributed by atoms with Gasteiger partial charge in [-0.05, 0) is 35.4 Å². The molecule has 0 saturated carbocycles. The predicted molar refractivity (Wildman–Crippen MR) is 85.4 cm³/mol. The summed E-state index contributed by atoms with van der Waals surface area (Å²) in [6.07, 6.45) is 1.59. The maximum atomic E-state index is 11.3. The molecule has 2 heterocycles. The summed E-state index contributed by atoms with van der Waals surface area (Å²) in [6.45, 7) is 0. The molecule has 2 nitrogen and oxygen atoms in total. The van der Waals surface area contributed by atoms with E-state index in [0.717, 1.165) is 16.1 Å². The molecule has 100 valence electrons. The molecule has 0 spiro atoms. The Labute approximate surface area is 125 Å². The van der Waals surface area contributed by atoms with Gasteiger partial charge in [0.1, 0.15) is 0 Å². The summed E-state index contributed by atoms with van der Waals surface area (Å²) in [6, 6.07) is 20.6. The van der Waals surface area contributed by atoms with E-state index in [2.05, 4.69) is 29.3 Å². The summed E-state index contributed by atoms with van der Waals surface area (Å²) >= 11 is 1.76. The summed E-state index contributed by atoms with van der Waals surface area (Å²) in [5.41, 5.74) is 2.36. The summed E-state index contributed by atoms with van der Waals surface area (Å²) in [5, 5.41) is 1.68. The molecule has 2 aromatic carbocycles. The number of fused-ring (bicyclic) bond motifs is 1. The Hall–Kier alpha value is -2.52. The molecule has 1 aliphatic heterocycles. The largest absolute Gasteiger partial charge is 0.270 e. The molecule has 0 saturated heterocycles. The molecule has 1 aliphatic rings. The van der Waals surface area contributed by atoms with Crippen LogP contribution in [0.1, 0.15) is 0 Å². The van der Waals surface area contributed by atoms with E-state index >= 15 is 0 Å². The summed E-state index contributed by atoms with van der Waals surface area (Å²) in [4.78, 5) is 17.7. The van der Waals surface area contributed by atoms with E-state index in [0.29, 0.717) is 0 Å². The summed E-state index contributed by atoms with van der Waals surface area (Å²) < 4.78 is 0. The molecule has 1 amide bonds. The normalized spacial score (nSPS) is 12.7. The van der Waals surface area contributed by atoms with Crippen LogP contribution in [0.3, 0.4) is 0 Å². The Morgan fingerprint density at radius 3 is 2.38 bits per heavy atom. The molecule has 4 rings (SSSR count). The number of rotatable bonds is 2. The van der Waals surface area contributed by atoms with Gasteiger partial charge in [0, 0.05) is 21.0 Å². The average Bonchev–Trinajstić information content (AvgIpc) is 3.12. The highest BCUT2D eigenvalue weighted by Gasteiger charge is 2.07. The number of benzene rings is 2. The molecule has 1 aromatic heterocycles. The molecule has 3 heteroatoms. The van der Waals surface area contributed by atoms with E-state index in [1.54, 1.807) is 17.4 Å². The molecule has 0 bridgehead atoms. The maximum Gasteiger partial charge on any atom is 0.270 e. The highest BCUT2D eigenvalue weighted by molar-refractivity contribution is 7.18. The lowest BCUT2D eigenvalue weighted by Gasteiger charge is -1.97. The van der Waals surface area contributed by atoms with E-state index < -0.39 is 0 Å². The number of carbonyl (C=O) groups excluding carboxylic acids is 1. The van der Waals surface area contributed by atoms with Crippen LogP contribution in [0.5, 0.6) is 0 Å². The fourth-order valence-electron chi connectivity index (χ4n) is 2.46. The Morgan fingerprint density at radius 1 is 0.810 bits per heavy atom. The minimum atomic E-state index is -0.168. The van der Waals surface area contributed by atoms with Gasteiger partial charge in [-0.2, -0.15) is 0 Å². The number of carbonyl (C=O) groups is 1. The molecule has 0 unspecified atom stereocenters. The van der Waals surface area contributed by atoms with Crippen LogP contribution in [0.4, 0.5) is 0 Å². The molecule has 0 radical (unpaired) electrons. The van der Waals surface area contributed by atoms with Gasteiger partial charge < -0.3 is 0 Å². The highest BCUT2D eigenvalue weighted by atomic mass is 32.1. The standard InChI is InChI=1S/C18H11NOS/c20-18-11-14-10-13(6-7-15(14)19-18)17-9-8-16(21-17)12-4-2-1-3-5-12/h1-11H. The van der Waals surface area contributed by atoms with Crippen molar-refractivity contribution in [1.82, 2.24) is 0 Å². The number of hydrogen-bond donors (Lipinski definition) is 0. The van der Waals surface area contributed by atoms with Crippen LogP contribution in [-0.2, 0) is 4.79 Å². The van der Waals surface area contributed by atoms with E-state index in [1.807, 2.05) is 36.4 Å². The van der Waals surface area contributed by atoms with Gasteiger partial charge in [-0.1, -0.05) is 36.4 Å². The highest BCUT2D eigenvalue weighted by Crippen LogP contribution is 2.33. The second-order valence-electron chi connectivity index (χ2n) is 4.90. The first-order chi connectivity index (χ1) is 10.3.